The highest BCUT2D eigenvalue weighted by Gasteiger charge is 2.57. The largest absolute Gasteiger partial charge is 0.550 e. The molecule has 2 atom stereocenters. The molecular formula is C10H13O4-. The number of hydrogen-bond donors (Lipinski definition) is 1. The zero-order chi connectivity index (χ0) is 11.1. The van der Waals surface area contributed by atoms with Crippen molar-refractivity contribution in [3.8, 4) is 0 Å². The minimum atomic E-state index is -1.10. The Balaban J connectivity index is 2.80. The van der Waals surface area contributed by atoms with Crippen molar-refractivity contribution in [2.75, 3.05) is 0 Å². The number of carbonyl (C=O) groups is 2. The van der Waals surface area contributed by atoms with E-state index in [1.807, 2.05) is 0 Å². The molecule has 0 aliphatic heterocycles. The Hall–Kier alpha value is -1.32. The Morgan fingerprint density at radius 1 is 1.43 bits per heavy atom. The molecule has 4 nitrogen and oxygen atoms in total. The maximum absolute atomic E-state index is 10.7. The van der Waals surface area contributed by atoms with E-state index >= 15 is 0 Å². The standard InChI is InChI=1S/C10H14O4/c1-5(8(11)12)4-6-7(9(13)14)10(6,2)3/h4,6-7H,1-3H3,(H,11,12)(H,13,14)/p-1/b5-4+. The lowest BCUT2D eigenvalue weighted by atomic mass is 10.1. The molecule has 78 valence electrons. The molecule has 1 aliphatic carbocycles. The van der Waals surface area contributed by atoms with E-state index in [1.54, 1.807) is 13.8 Å². The molecule has 0 aromatic heterocycles. The van der Waals surface area contributed by atoms with Crippen molar-refractivity contribution in [1.82, 2.24) is 0 Å². The van der Waals surface area contributed by atoms with Crippen LogP contribution in [0.1, 0.15) is 20.8 Å². The fourth-order valence-electron chi connectivity index (χ4n) is 1.78. The lowest BCUT2D eigenvalue weighted by Gasteiger charge is -2.01. The summed E-state index contributed by atoms with van der Waals surface area (Å²) in [6.45, 7) is 5.05. The van der Waals surface area contributed by atoms with Crippen LogP contribution in [0.2, 0.25) is 0 Å². The Bertz CT molecular complexity index is 314. The molecular weight excluding hydrogens is 184 g/mol. The maximum atomic E-state index is 10.7. The number of carboxylic acids is 2. The van der Waals surface area contributed by atoms with Gasteiger partial charge in [-0.2, -0.15) is 0 Å². The van der Waals surface area contributed by atoms with Crippen LogP contribution < -0.4 is 5.11 Å². The molecule has 0 aromatic rings. The normalized spacial score (nSPS) is 29.8. The summed E-state index contributed by atoms with van der Waals surface area (Å²) in [7, 11) is 0. The Kier molecular flexibility index (Phi) is 2.39. The van der Waals surface area contributed by atoms with Crippen LogP contribution in [0.25, 0.3) is 0 Å². The molecule has 0 bridgehead atoms. The summed E-state index contributed by atoms with van der Waals surface area (Å²) in [5.41, 5.74) is -0.193. The first kappa shape index (κ1) is 10.8. The topological polar surface area (TPSA) is 77.4 Å². The molecule has 0 aromatic carbocycles. The Morgan fingerprint density at radius 2 is 1.93 bits per heavy atom. The summed E-state index contributed by atoms with van der Waals surface area (Å²) < 4.78 is 0. The van der Waals surface area contributed by atoms with E-state index in [0.29, 0.717) is 0 Å². The summed E-state index contributed by atoms with van der Waals surface area (Å²) in [6, 6.07) is 0. The van der Waals surface area contributed by atoms with Crippen molar-refractivity contribution in [3.63, 3.8) is 0 Å². The highest BCUT2D eigenvalue weighted by Crippen LogP contribution is 2.58. The van der Waals surface area contributed by atoms with Gasteiger partial charge < -0.3 is 15.0 Å². The molecule has 0 radical (unpaired) electrons. The molecule has 4 heteroatoms. The Labute approximate surface area is 82.2 Å². The monoisotopic (exact) mass is 197 g/mol. The summed E-state index contributed by atoms with van der Waals surface area (Å²) in [5, 5.41) is 19.3. The highest BCUT2D eigenvalue weighted by atomic mass is 16.4. The average Bonchev–Trinajstić information content (AvgIpc) is 2.52. The first-order valence-corrected chi connectivity index (χ1v) is 4.41. The van der Waals surface area contributed by atoms with Gasteiger partial charge in [0.05, 0.1) is 0 Å². The van der Waals surface area contributed by atoms with E-state index in [-0.39, 0.29) is 16.9 Å². The van der Waals surface area contributed by atoms with Gasteiger partial charge in [0, 0.05) is 17.5 Å². The number of hydrogen-bond acceptors (Lipinski definition) is 3. The Morgan fingerprint density at radius 3 is 2.21 bits per heavy atom. The lowest BCUT2D eigenvalue weighted by molar-refractivity contribution is -0.309. The van der Waals surface area contributed by atoms with Gasteiger partial charge in [-0.1, -0.05) is 19.9 Å². The molecule has 0 saturated heterocycles. The van der Waals surface area contributed by atoms with Gasteiger partial charge in [0.1, 0.15) is 0 Å². The van der Waals surface area contributed by atoms with E-state index in [4.69, 9.17) is 5.11 Å². The van der Waals surface area contributed by atoms with Crippen LogP contribution in [-0.4, -0.2) is 17.0 Å². The third-order valence-corrected chi connectivity index (χ3v) is 2.93. The smallest absolute Gasteiger partial charge is 0.330 e. The molecule has 0 heterocycles. The fraction of sp³-hybridized carbons (Fsp3) is 0.600. The number of carbonyl (C=O) groups excluding carboxylic acids is 1. The zero-order valence-electron chi connectivity index (χ0n) is 8.40. The summed E-state index contributed by atoms with van der Waals surface area (Å²) in [4.78, 5) is 21.2. The second-order valence-corrected chi connectivity index (χ2v) is 4.30. The molecule has 2 unspecified atom stereocenters. The van der Waals surface area contributed by atoms with Gasteiger partial charge in [-0.15, -0.1) is 0 Å². The van der Waals surface area contributed by atoms with Crippen molar-refractivity contribution >= 4 is 11.9 Å². The first-order valence-electron chi connectivity index (χ1n) is 4.41. The van der Waals surface area contributed by atoms with Gasteiger partial charge in [-0.05, 0) is 18.3 Å². The lowest BCUT2D eigenvalue weighted by Crippen LogP contribution is -2.26. The van der Waals surface area contributed by atoms with Gasteiger partial charge in [0.2, 0.25) is 0 Å². The van der Waals surface area contributed by atoms with E-state index in [1.165, 1.54) is 13.0 Å². The second kappa shape index (κ2) is 3.12. The van der Waals surface area contributed by atoms with E-state index in [2.05, 4.69) is 0 Å². The predicted molar refractivity (Wildman–Crippen MR) is 47.2 cm³/mol. The van der Waals surface area contributed by atoms with E-state index < -0.39 is 17.9 Å². The molecule has 1 aliphatic rings. The van der Waals surface area contributed by atoms with Crippen molar-refractivity contribution in [2.45, 2.75) is 20.8 Å². The molecule has 1 rings (SSSR count). The van der Waals surface area contributed by atoms with Gasteiger partial charge in [-0.25, -0.2) is 4.79 Å². The molecule has 1 fully saturated rings. The van der Waals surface area contributed by atoms with E-state index in [9.17, 15) is 14.7 Å². The zero-order valence-corrected chi connectivity index (χ0v) is 8.40. The molecule has 0 amide bonds. The van der Waals surface area contributed by atoms with Crippen LogP contribution in [0.15, 0.2) is 11.6 Å². The van der Waals surface area contributed by atoms with Crippen molar-refractivity contribution in [1.29, 1.82) is 0 Å². The summed E-state index contributed by atoms with van der Waals surface area (Å²) >= 11 is 0. The molecule has 1 N–H and O–H groups in total. The average molecular weight is 197 g/mol. The molecule has 0 spiro atoms. The third kappa shape index (κ3) is 1.64. The van der Waals surface area contributed by atoms with Gasteiger partial charge >= 0.3 is 5.97 Å². The number of carboxylic acid groups (broad SMARTS) is 2. The highest BCUT2D eigenvalue weighted by molar-refractivity contribution is 5.86. The minimum Gasteiger partial charge on any atom is -0.550 e. The maximum Gasteiger partial charge on any atom is 0.330 e. The minimum absolute atomic E-state index is 0.187. The van der Waals surface area contributed by atoms with Crippen LogP contribution in [0.3, 0.4) is 0 Å². The van der Waals surface area contributed by atoms with E-state index in [0.717, 1.165) is 0 Å². The third-order valence-electron chi connectivity index (χ3n) is 2.93. The van der Waals surface area contributed by atoms with Crippen LogP contribution in [-0.2, 0) is 9.59 Å². The van der Waals surface area contributed by atoms with Crippen molar-refractivity contribution in [2.24, 2.45) is 17.3 Å². The van der Waals surface area contributed by atoms with Crippen molar-refractivity contribution < 1.29 is 19.8 Å². The van der Waals surface area contributed by atoms with Gasteiger partial charge in [0.25, 0.3) is 0 Å². The SMILES string of the molecule is C/C(=C\C1C(C(=O)[O-])C1(C)C)C(=O)O. The number of allylic oxidation sites excluding steroid dienone is 1. The van der Waals surface area contributed by atoms with Gasteiger partial charge in [0.15, 0.2) is 0 Å². The quantitative estimate of drug-likeness (QED) is 0.648. The van der Waals surface area contributed by atoms with Gasteiger partial charge in [-0.3, -0.25) is 0 Å². The van der Waals surface area contributed by atoms with Crippen LogP contribution in [0.4, 0.5) is 0 Å². The van der Waals surface area contributed by atoms with Crippen LogP contribution in [0.5, 0.6) is 0 Å². The van der Waals surface area contributed by atoms with Crippen LogP contribution >= 0.6 is 0 Å². The van der Waals surface area contributed by atoms with Crippen LogP contribution in [0, 0.1) is 17.3 Å². The van der Waals surface area contributed by atoms with Crippen molar-refractivity contribution in [3.05, 3.63) is 11.6 Å². The summed E-state index contributed by atoms with van der Waals surface area (Å²) in [5.74, 6) is -2.89. The second-order valence-electron chi connectivity index (χ2n) is 4.30. The fourth-order valence-corrected chi connectivity index (χ4v) is 1.78. The number of rotatable bonds is 3. The first-order chi connectivity index (χ1) is 6.28. The molecule has 1 saturated carbocycles. The number of aliphatic carboxylic acids is 2. The summed E-state index contributed by atoms with van der Waals surface area (Å²) in [6.07, 6.45) is 1.50. The molecule has 14 heavy (non-hydrogen) atoms. The predicted octanol–water partition coefficient (Wildman–Crippen LogP) is 0.0394.